The molecule has 0 saturated carbocycles. The molecule has 20 heavy (non-hydrogen) atoms. The third-order valence-electron chi connectivity index (χ3n) is 2.83. The van der Waals surface area contributed by atoms with Crippen molar-refractivity contribution >= 4 is 5.82 Å². The first-order valence-corrected chi connectivity index (χ1v) is 5.91. The number of alkyl halides is 3. The predicted molar refractivity (Wildman–Crippen MR) is 67.7 cm³/mol. The van der Waals surface area contributed by atoms with E-state index < -0.39 is 11.7 Å². The fraction of sp³-hybridized carbons (Fsp3) is 0.214. The minimum atomic E-state index is -4.39. The monoisotopic (exact) mass is 284 g/mol. The lowest BCUT2D eigenvalue weighted by atomic mass is 10.1. The van der Waals surface area contributed by atoms with E-state index in [4.69, 9.17) is 0 Å². The van der Waals surface area contributed by atoms with E-state index >= 15 is 0 Å². The SMILES string of the molecule is CC(Nc1ccc(C(F)(F)F)cn1)c1ccc(F)cc1. The topological polar surface area (TPSA) is 24.9 Å². The lowest BCUT2D eigenvalue weighted by molar-refractivity contribution is -0.137. The van der Waals surface area contributed by atoms with Gasteiger partial charge >= 0.3 is 6.18 Å². The number of nitrogens with zero attached hydrogens (tertiary/aromatic N) is 1. The maximum Gasteiger partial charge on any atom is 0.417 e. The van der Waals surface area contributed by atoms with Crippen LogP contribution < -0.4 is 5.32 Å². The molecule has 1 atom stereocenters. The molecule has 2 rings (SSSR count). The van der Waals surface area contributed by atoms with E-state index in [-0.39, 0.29) is 11.9 Å². The molecule has 2 nitrogen and oxygen atoms in total. The molecule has 1 aromatic carbocycles. The van der Waals surface area contributed by atoms with E-state index in [1.54, 1.807) is 12.1 Å². The van der Waals surface area contributed by atoms with Gasteiger partial charge in [-0.2, -0.15) is 13.2 Å². The molecular weight excluding hydrogens is 272 g/mol. The van der Waals surface area contributed by atoms with Gasteiger partial charge in [0.15, 0.2) is 0 Å². The maximum atomic E-state index is 12.8. The molecule has 0 fully saturated rings. The first-order chi connectivity index (χ1) is 9.36. The van der Waals surface area contributed by atoms with Crippen LogP contribution in [-0.2, 0) is 6.18 Å². The molecular formula is C14H12F4N2. The molecule has 0 radical (unpaired) electrons. The number of aromatic nitrogens is 1. The Kier molecular flexibility index (Phi) is 3.92. The van der Waals surface area contributed by atoms with Crippen LogP contribution >= 0.6 is 0 Å². The summed E-state index contributed by atoms with van der Waals surface area (Å²) in [5.41, 5.74) is 0.0191. The van der Waals surface area contributed by atoms with Crippen LogP contribution in [-0.4, -0.2) is 4.98 Å². The van der Waals surface area contributed by atoms with E-state index in [0.717, 1.165) is 17.8 Å². The highest BCUT2D eigenvalue weighted by Crippen LogP contribution is 2.29. The van der Waals surface area contributed by atoms with Gasteiger partial charge in [0, 0.05) is 12.2 Å². The molecule has 1 N–H and O–H groups in total. The van der Waals surface area contributed by atoms with Gasteiger partial charge in [-0.25, -0.2) is 9.37 Å². The number of halogens is 4. The second-order valence-corrected chi connectivity index (χ2v) is 4.35. The number of benzene rings is 1. The summed E-state index contributed by atoms with van der Waals surface area (Å²) in [7, 11) is 0. The molecule has 0 saturated heterocycles. The Hall–Kier alpha value is -2.11. The van der Waals surface area contributed by atoms with Crippen LogP contribution in [0.25, 0.3) is 0 Å². The number of anilines is 1. The first kappa shape index (κ1) is 14.3. The Bertz CT molecular complexity index is 561. The molecule has 2 aromatic rings. The van der Waals surface area contributed by atoms with E-state index in [1.165, 1.54) is 18.2 Å². The fourth-order valence-corrected chi connectivity index (χ4v) is 1.70. The van der Waals surface area contributed by atoms with Crippen molar-refractivity contribution in [3.63, 3.8) is 0 Å². The highest BCUT2D eigenvalue weighted by Gasteiger charge is 2.30. The lowest BCUT2D eigenvalue weighted by Gasteiger charge is -2.15. The van der Waals surface area contributed by atoms with Gasteiger partial charge in [-0.15, -0.1) is 0 Å². The molecule has 0 aliphatic rings. The van der Waals surface area contributed by atoms with Crippen LogP contribution in [0, 0.1) is 5.82 Å². The van der Waals surface area contributed by atoms with Gasteiger partial charge in [0.25, 0.3) is 0 Å². The molecule has 6 heteroatoms. The summed E-state index contributed by atoms with van der Waals surface area (Å²) in [6.07, 6.45) is -3.62. The van der Waals surface area contributed by atoms with Gasteiger partial charge in [-0.1, -0.05) is 12.1 Å². The Balaban J connectivity index is 2.08. The number of hydrogen-bond donors (Lipinski definition) is 1. The number of pyridine rings is 1. The summed E-state index contributed by atoms with van der Waals surface area (Å²) in [5.74, 6) is -0.0107. The Labute approximate surface area is 113 Å². The molecule has 0 amide bonds. The molecule has 0 bridgehead atoms. The van der Waals surface area contributed by atoms with Gasteiger partial charge < -0.3 is 5.32 Å². The minimum absolute atomic E-state index is 0.195. The summed E-state index contributed by atoms with van der Waals surface area (Å²) in [5, 5.41) is 2.96. The van der Waals surface area contributed by atoms with E-state index in [2.05, 4.69) is 10.3 Å². The van der Waals surface area contributed by atoms with Gasteiger partial charge in [0.05, 0.1) is 5.56 Å². The highest BCUT2D eigenvalue weighted by atomic mass is 19.4. The highest BCUT2D eigenvalue weighted by molar-refractivity contribution is 5.39. The fourth-order valence-electron chi connectivity index (χ4n) is 1.70. The number of rotatable bonds is 3. The van der Waals surface area contributed by atoms with Crippen molar-refractivity contribution < 1.29 is 17.6 Å². The summed E-state index contributed by atoms with van der Waals surface area (Å²) < 4.78 is 50.0. The smallest absolute Gasteiger partial charge is 0.364 e. The largest absolute Gasteiger partial charge is 0.417 e. The third kappa shape index (κ3) is 3.46. The zero-order chi connectivity index (χ0) is 14.8. The van der Waals surface area contributed by atoms with E-state index in [9.17, 15) is 17.6 Å². The molecule has 0 aliphatic carbocycles. The van der Waals surface area contributed by atoms with E-state index in [0.29, 0.717) is 5.82 Å². The average molecular weight is 284 g/mol. The second kappa shape index (κ2) is 5.48. The van der Waals surface area contributed by atoms with Gasteiger partial charge in [-0.05, 0) is 36.8 Å². The average Bonchev–Trinajstić information content (AvgIpc) is 2.39. The Morgan fingerprint density at radius 3 is 2.20 bits per heavy atom. The van der Waals surface area contributed by atoms with Crippen molar-refractivity contribution in [2.45, 2.75) is 19.1 Å². The molecule has 1 unspecified atom stereocenters. The van der Waals surface area contributed by atoms with Crippen LogP contribution in [0.15, 0.2) is 42.6 Å². The van der Waals surface area contributed by atoms with Crippen LogP contribution in [0.1, 0.15) is 24.1 Å². The van der Waals surface area contributed by atoms with Crippen LogP contribution in [0.5, 0.6) is 0 Å². The predicted octanol–water partition coefficient (Wildman–Crippen LogP) is 4.41. The summed E-state index contributed by atoms with van der Waals surface area (Å²) in [6.45, 7) is 1.81. The van der Waals surface area contributed by atoms with Crippen molar-refractivity contribution in [2.24, 2.45) is 0 Å². The molecule has 1 aromatic heterocycles. The van der Waals surface area contributed by atoms with Crippen molar-refractivity contribution in [1.82, 2.24) is 4.98 Å². The quantitative estimate of drug-likeness (QED) is 0.844. The molecule has 0 spiro atoms. The van der Waals surface area contributed by atoms with Crippen molar-refractivity contribution in [3.8, 4) is 0 Å². The number of nitrogens with one attached hydrogen (secondary N) is 1. The van der Waals surface area contributed by atoms with E-state index in [1.807, 2.05) is 6.92 Å². The minimum Gasteiger partial charge on any atom is -0.364 e. The van der Waals surface area contributed by atoms with Gasteiger partial charge in [-0.3, -0.25) is 0 Å². The number of hydrogen-bond acceptors (Lipinski definition) is 2. The second-order valence-electron chi connectivity index (χ2n) is 4.35. The maximum absolute atomic E-state index is 12.8. The zero-order valence-corrected chi connectivity index (χ0v) is 10.6. The van der Waals surface area contributed by atoms with Crippen LogP contribution in [0.4, 0.5) is 23.4 Å². The van der Waals surface area contributed by atoms with Crippen molar-refractivity contribution in [3.05, 3.63) is 59.5 Å². The summed E-state index contributed by atoms with van der Waals surface area (Å²) in [4.78, 5) is 3.72. The lowest BCUT2D eigenvalue weighted by Crippen LogP contribution is -2.10. The molecule has 1 heterocycles. The normalized spacial score (nSPS) is 13.1. The standard InChI is InChI=1S/C14H12F4N2/c1-9(10-2-5-12(15)6-3-10)20-13-7-4-11(8-19-13)14(16,17)18/h2-9H,1H3,(H,19,20). The van der Waals surface area contributed by atoms with Crippen molar-refractivity contribution in [2.75, 3.05) is 5.32 Å². The van der Waals surface area contributed by atoms with Gasteiger partial charge in [0.2, 0.25) is 0 Å². The van der Waals surface area contributed by atoms with Crippen molar-refractivity contribution in [1.29, 1.82) is 0 Å². The molecule has 0 aliphatic heterocycles. The Morgan fingerprint density at radius 2 is 1.70 bits per heavy atom. The Morgan fingerprint density at radius 1 is 1.05 bits per heavy atom. The van der Waals surface area contributed by atoms with Crippen LogP contribution in [0.3, 0.4) is 0 Å². The van der Waals surface area contributed by atoms with Crippen LogP contribution in [0.2, 0.25) is 0 Å². The summed E-state index contributed by atoms with van der Waals surface area (Å²) in [6, 6.07) is 7.91. The zero-order valence-electron chi connectivity index (χ0n) is 10.6. The molecule has 106 valence electrons. The van der Waals surface area contributed by atoms with Gasteiger partial charge in [0.1, 0.15) is 11.6 Å². The third-order valence-corrected chi connectivity index (χ3v) is 2.83. The first-order valence-electron chi connectivity index (χ1n) is 5.91. The summed E-state index contributed by atoms with van der Waals surface area (Å²) >= 11 is 0.